The number of aromatic nitrogens is 2. The summed E-state index contributed by atoms with van der Waals surface area (Å²) in [6.07, 6.45) is 2.14. The molecule has 2 rings (SSSR count). The van der Waals surface area contributed by atoms with Crippen LogP contribution < -0.4 is 5.32 Å². The molecule has 6 nitrogen and oxygen atoms in total. The van der Waals surface area contributed by atoms with Crippen molar-refractivity contribution in [2.75, 3.05) is 19.8 Å². The second-order valence-electron chi connectivity index (χ2n) is 6.95. The third-order valence-corrected chi connectivity index (χ3v) is 5.01. The van der Waals surface area contributed by atoms with Gasteiger partial charge in [0.2, 0.25) is 5.91 Å². The molecule has 2 amide bonds. The van der Waals surface area contributed by atoms with Crippen LogP contribution in [0.2, 0.25) is 0 Å². The number of thioether (sulfide) groups is 1. The lowest BCUT2D eigenvalue weighted by atomic mass is 10.1. The van der Waals surface area contributed by atoms with E-state index in [1.165, 1.54) is 11.8 Å². The summed E-state index contributed by atoms with van der Waals surface area (Å²) in [6, 6.07) is 9.82. The van der Waals surface area contributed by atoms with Crippen LogP contribution in [-0.4, -0.2) is 46.5 Å². The van der Waals surface area contributed by atoms with E-state index in [4.69, 9.17) is 0 Å². The van der Waals surface area contributed by atoms with E-state index >= 15 is 0 Å². The van der Waals surface area contributed by atoms with Gasteiger partial charge in [-0.15, -0.1) is 11.8 Å². The van der Waals surface area contributed by atoms with E-state index in [-0.39, 0.29) is 30.7 Å². The van der Waals surface area contributed by atoms with Crippen LogP contribution in [0.15, 0.2) is 35.4 Å². The number of carbonyl (C=O) groups excluding carboxylic acids is 2. The molecule has 0 fully saturated rings. The fourth-order valence-electron chi connectivity index (χ4n) is 2.74. The lowest BCUT2D eigenvalue weighted by Gasteiger charge is -2.18. The van der Waals surface area contributed by atoms with Gasteiger partial charge in [-0.2, -0.15) is 0 Å². The van der Waals surface area contributed by atoms with Gasteiger partial charge in [-0.1, -0.05) is 44.2 Å². The van der Waals surface area contributed by atoms with Crippen LogP contribution in [-0.2, 0) is 11.3 Å². The number of carbonyl (C=O) groups is 2. The zero-order valence-electron chi connectivity index (χ0n) is 17.2. The van der Waals surface area contributed by atoms with Crippen LogP contribution >= 0.6 is 11.8 Å². The number of nitrogens with zero attached hydrogens (tertiary/aromatic N) is 3. The van der Waals surface area contributed by atoms with E-state index < -0.39 is 0 Å². The molecule has 1 aromatic carbocycles. The Hall–Kier alpha value is -2.41. The third-order valence-electron chi connectivity index (χ3n) is 4.32. The van der Waals surface area contributed by atoms with Crippen molar-refractivity contribution < 1.29 is 9.59 Å². The molecule has 7 heteroatoms. The van der Waals surface area contributed by atoms with E-state index in [1.54, 1.807) is 11.9 Å². The second kappa shape index (κ2) is 10.2. The summed E-state index contributed by atoms with van der Waals surface area (Å²) < 4.78 is 0. The summed E-state index contributed by atoms with van der Waals surface area (Å²) in [5.41, 5.74) is 2.22. The highest BCUT2D eigenvalue weighted by atomic mass is 32.2. The van der Waals surface area contributed by atoms with Crippen LogP contribution in [0.25, 0.3) is 0 Å². The lowest BCUT2D eigenvalue weighted by molar-refractivity contribution is -0.130. The standard InChI is InChI=1S/C21H28N4O2S/c1-14(2)19-23-15(3)18(21(24-19)28-5)20(27)22-12-11-17(26)25(4)13-16-9-7-6-8-10-16/h6-10,14H,11-13H2,1-5H3,(H,22,27). The molecular weight excluding hydrogens is 372 g/mol. The van der Waals surface area contributed by atoms with Gasteiger partial charge in [0, 0.05) is 32.5 Å². The summed E-state index contributed by atoms with van der Waals surface area (Å²) >= 11 is 1.43. The Morgan fingerprint density at radius 3 is 2.46 bits per heavy atom. The maximum Gasteiger partial charge on any atom is 0.255 e. The Kier molecular flexibility index (Phi) is 7.99. The van der Waals surface area contributed by atoms with Crippen LogP contribution in [0.5, 0.6) is 0 Å². The molecule has 0 radical (unpaired) electrons. The van der Waals surface area contributed by atoms with Crippen molar-refractivity contribution >= 4 is 23.6 Å². The molecule has 0 unspecified atom stereocenters. The highest BCUT2D eigenvalue weighted by Gasteiger charge is 2.19. The molecule has 1 N–H and O–H groups in total. The van der Waals surface area contributed by atoms with Gasteiger partial charge >= 0.3 is 0 Å². The zero-order chi connectivity index (χ0) is 20.7. The normalized spacial score (nSPS) is 10.8. The SMILES string of the molecule is CSc1nc(C(C)C)nc(C)c1C(=O)NCCC(=O)N(C)Cc1ccccc1. The van der Waals surface area contributed by atoms with Gasteiger partial charge in [0.05, 0.1) is 11.3 Å². The van der Waals surface area contributed by atoms with Crippen LogP contribution in [0, 0.1) is 6.92 Å². The zero-order valence-corrected chi connectivity index (χ0v) is 18.0. The first kappa shape index (κ1) is 21.9. The number of nitrogens with one attached hydrogen (secondary N) is 1. The number of aryl methyl sites for hydroxylation is 1. The maximum atomic E-state index is 12.6. The molecule has 0 bridgehead atoms. The van der Waals surface area contributed by atoms with Gasteiger partial charge < -0.3 is 10.2 Å². The summed E-state index contributed by atoms with van der Waals surface area (Å²) in [6.45, 7) is 6.69. The minimum Gasteiger partial charge on any atom is -0.351 e. The predicted molar refractivity (Wildman–Crippen MR) is 113 cm³/mol. The summed E-state index contributed by atoms with van der Waals surface area (Å²) in [5.74, 6) is 0.670. The van der Waals surface area contributed by atoms with Gasteiger partial charge in [-0.3, -0.25) is 9.59 Å². The average molecular weight is 401 g/mol. The molecule has 0 spiro atoms. The Morgan fingerprint density at radius 1 is 1.18 bits per heavy atom. The minimum absolute atomic E-state index is 0.0163. The average Bonchev–Trinajstić information content (AvgIpc) is 2.67. The molecule has 0 aliphatic carbocycles. The highest BCUT2D eigenvalue weighted by Crippen LogP contribution is 2.23. The molecule has 0 saturated carbocycles. The van der Waals surface area contributed by atoms with E-state index in [0.29, 0.717) is 22.8 Å². The molecule has 150 valence electrons. The quantitative estimate of drug-likeness (QED) is 0.543. The Balaban J connectivity index is 1.94. The molecule has 2 aromatic rings. The van der Waals surface area contributed by atoms with Crippen molar-refractivity contribution in [3.05, 3.63) is 53.0 Å². The van der Waals surface area contributed by atoms with Crippen molar-refractivity contribution in [2.45, 2.75) is 44.7 Å². The number of rotatable bonds is 8. The van der Waals surface area contributed by atoms with Crippen LogP contribution in [0.4, 0.5) is 0 Å². The number of hydrogen-bond donors (Lipinski definition) is 1. The van der Waals surface area contributed by atoms with Gasteiger partial charge in [-0.05, 0) is 18.7 Å². The van der Waals surface area contributed by atoms with Crippen molar-refractivity contribution in [3.63, 3.8) is 0 Å². The van der Waals surface area contributed by atoms with E-state index in [1.807, 2.05) is 57.4 Å². The van der Waals surface area contributed by atoms with Gasteiger partial charge in [0.25, 0.3) is 5.91 Å². The Labute approximate surface area is 171 Å². The van der Waals surface area contributed by atoms with Gasteiger partial charge in [0.1, 0.15) is 10.9 Å². The van der Waals surface area contributed by atoms with Crippen molar-refractivity contribution in [3.8, 4) is 0 Å². The Morgan fingerprint density at radius 2 is 1.86 bits per heavy atom. The molecule has 0 atom stereocenters. The Bertz CT molecular complexity index is 825. The first-order valence-electron chi connectivity index (χ1n) is 9.32. The fraction of sp³-hybridized carbons (Fsp3) is 0.429. The topological polar surface area (TPSA) is 75.2 Å². The summed E-state index contributed by atoms with van der Waals surface area (Å²) in [7, 11) is 1.77. The largest absolute Gasteiger partial charge is 0.351 e. The second-order valence-corrected chi connectivity index (χ2v) is 7.74. The first-order valence-corrected chi connectivity index (χ1v) is 10.5. The fourth-order valence-corrected chi connectivity index (χ4v) is 3.37. The molecule has 1 aromatic heterocycles. The first-order chi connectivity index (χ1) is 13.3. The molecule has 0 aliphatic heterocycles. The molecule has 0 saturated heterocycles. The molecular formula is C21H28N4O2S. The van der Waals surface area contributed by atoms with E-state index in [2.05, 4.69) is 15.3 Å². The van der Waals surface area contributed by atoms with Crippen molar-refractivity contribution in [2.24, 2.45) is 0 Å². The summed E-state index contributed by atoms with van der Waals surface area (Å²) in [4.78, 5) is 35.6. The predicted octanol–water partition coefficient (Wildman–Crippen LogP) is 3.41. The van der Waals surface area contributed by atoms with E-state index in [0.717, 1.165) is 11.4 Å². The smallest absolute Gasteiger partial charge is 0.255 e. The number of benzene rings is 1. The maximum absolute atomic E-state index is 12.6. The minimum atomic E-state index is -0.240. The van der Waals surface area contributed by atoms with Crippen molar-refractivity contribution in [1.29, 1.82) is 0 Å². The van der Waals surface area contributed by atoms with Crippen LogP contribution in [0.3, 0.4) is 0 Å². The van der Waals surface area contributed by atoms with Gasteiger partial charge in [-0.25, -0.2) is 9.97 Å². The monoisotopic (exact) mass is 400 g/mol. The van der Waals surface area contributed by atoms with E-state index in [9.17, 15) is 9.59 Å². The van der Waals surface area contributed by atoms with Crippen molar-refractivity contribution in [1.82, 2.24) is 20.2 Å². The molecule has 0 aliphatic rings. The lowest BCUT2D eigenvalue weighted by Crippen LogP contribution is -2.32. The summed E-state index contributed by atoms with van der Waals surface area (Å²) in [5, 5.41) is 3.50. The number of hydrogen-bond acceptors (Lipinski definition) is 5. The number of amides is 2. The van der Waals surface area contributed by atoms with Gasteiger partial charge in [0.15, 0.2) is 0 Å². The third kappa shape index (κ3) is 5.79. The van der Waals surface area contributed by atoms with Crippen LogP contribution in [0.1, 0.15) is 53.6 Å². The molecule has 28 heavy (non-hydrogen) atoms. The highest BCUT2D eigenvalue weighted by molar-refractivity contribution is 7.98. The molecule has 1 heterocycles.